The SMILES string of the molecule is Cl[Si]1(Cl)C[Si](Cl)(Cl)c2ccccc21. The maximum Gasteiger partial charge on any atom is 0.280 e. The second-order valence-electron chi connectivity index (χ2n) is 3.13. The summed E-state index contributed by atoms with van der Waals surface area (Å²) in [6, 6.07) is 7.74. The third-order valence-corrected chi connectivity index (χ3v) is 15.7. The van der Waals surface area contributed by atoms with Crippen LogP contribution in [0.15, 0.2) is 24.3 Å². The van der Waals surface area contributed by atoms with Gasteiger partial charge in [0, 0.05) is 0 Å². The van der Waals surface area contributed by atoms with Crippen LogP contribution in [0.3, 0.4) is 0 Å². The fourth-order valence-corrected chi connectivity index (χ4v) is 20.9. The lowest BCUT2D eigenvalue weighted by molar-refractivity contribution is 1.82. The molecule has 0 radical (unpaired) electrons. The summed E-state index contributed by atoms with van der Waals surface area (Å²) in [5.41, 5.74) is 0.603. The van der Waals surface area contributed by atoms with E-state index in [4.69, 9.17) is 44.3 Å². The monoisotopic (exact) mass is 286 g/mol. The average Bonchev–Trinajstić information content (AvgIpc) is 2.20. The molecule has 1 heterocycles. The molecule has 2 rings (SSSR count). The maximum atomic E-state index is 6.25. The van der Waals surface area contributed by atoms with Gasteiger partial charge < -0.3 is 0 Å². The molecule has 0 spiro atoms. The Morgan fingerprint density at radius 1 is 0.846 bits per heavy atom. The van der Waals surface area contributed by atoms with Gasteiger partial charge in [-0.15, -0.1) is 44.3 Å². The van der Waals surface area contributed by atoms with Crippen molar-refractivity contribution in [2.45, 2.75) is 5.67 Å². The van der Waals surface area contributed by atoms with Crippen LogP contribution in [0.4, 0.5) is 0 Å². The van der Waals surface area contributed by atoms with E-state index in [9.17, 15) is 0 Å². The van der Waals surface area contributed by atoms with E-state index in [2.05, 4.69) is 0 Å². The van der Waals surface area contributed by atoms with Gasteiger partial charge >= 0.3 is 0 Å². The van der Waals surface area contributed by atoms with E-state index in [0.717, 1.165) is 10.4 Å². The third kappa shape index (κ3) is 1.69. The van der Waals surface area contributed by atoms with E-state index < -0.39 is 13.4 Å². The minimum Gasteiger partial charge on any atom is -0.140 e. The molecule has 13 heavy (non-hydrogen) atoms. The predicted octanol–water partition coefficient (Wildman–Crippen LogP) is 2.49. The Morgan fingerprint density at radius 2 is 1.23 bits per heavy atom. The van der Waals surface area contributed by atoms with Crippen molar-refractivity contribution in [2.24, 2.45) is 0 Å². The second-order valence-corrected chi connectivity index (χ2v) is 17.3. The van der Waals surface area contributed by atoms with Crippen LogP contribution in [-0.4, -0.2) is 13.4 Å². The van der Waals surface area contributed by atoms with E-state index in [0.29, 0.717) is 5.67 Å². The first-order valence-electron chi connectivity index (χ1n) is 3.79. The van der Waals surface area contributed by atoms with E-state index >= 15 is 0 Å². The van der Waals surface area contributed by atoms with E-state index in [-0.39, 0.29) is 0 Å². The normalized spacial score (nSPS) is 22.8. The van der Waals surface area contributed by atoms with Gasteiger partial charge in [-0.05, 0) is 16.0 Å². The van der Waals surface area contributed by atoms with Crippen LogP contribution in [0.1, 0.15) is 0 Å². The van der Waals surface area contributed by atoms with Crippen molar-refractivity contribution in [1.82, 2.24) is 0 Å². The Hall–Kier alpha value is 0.814. The molecule has 0 saturated heterocycles. The van der Waals surface area contributed by atoms with Gasteiger partial charge in [-0.2, -0.15) is 0 Å². The molecule has 0 nitrogen and oxygen atoms in total. The molecule has 0 N–H and O–H groups in total. The first-order valence-corrected chi connectivity index (χ1v) is 12.3. The fraction of sp³-hybridized carbons (Fsp3) is 0.143. The van der Waals surface area contributed by atoms with Crippen LogP contribution in [0.2, 0.25) is 5.67 Å². The smallest absolute Gasteiger partial charge is 0.140 e. The Balaban J connectivity index is 2.64. The number of fused-ring (bicyclic) bond motifs is 1. The van der Waals surface area contributed by atoms with Crippen LogP contribution in [0.25, 0.3) is 0 Å². The Kier molecular flexibility index (Phi) is 2.51. The summed E-state index contributed by atoms with van der Waals surface area (Å²) in [4.78, 5) is 0. The summed E-state index contributed by atoms with van der Waals surface area (Å²) < 4.78 is 0. The number of benzene rings is 1. The van der Waals surface area contributed by atoms with Gasteiger partial charge in [-0.3, -0.25) is 0 Å². The number of hydrogen-bond acceptors (Lipinski definition) is 0. The van der Waals surface area contributed by atoms with Crippen LogP contribution >= 0.6 is 44.3 Å². The highest BCUT2D eigenvalue weighted by Crippen LogP contribution is 2.36. The molecule has 1 aromatic carbocycles. The molecule has 0 saturated carbocycles. The summed E-state index contributed by atoms with van der Waals surface area (Å²) in [6.07, 6.45) is 0. The molecule has 0 bridgehead atoms. The van der Waals surface area contributed by atoms with E-state index in [1.165, 1.54) is 0 Å². The summed E-state index contributed by atoms with van der Waals surface area (Å²) in [7, 11) is 0. The van der Waals surface area contributed by atoms with E-state index in [1.807, 2.05) is 24.3 Å². The highest BCUT2D eigenvalue weighted by Gasteiger charge is 2.53. The van der Waals surface area contributed by atoms with Crippen molar-refractivity contribution < 1.29 is 0 Å². The van der Waals surface area contributed by atoms with Crippen LogP contribution in [-0.2, 0) is 0 Å². The van der Waals surface area contributed by atoms with E-state index in [1.54, 1.807) is 0 Å². The summed E-state index contributed by atoms with van der Waals surface area (Å²) in [6.45, 7) is -4.71. The lowest BCUT2D eigenvalue weighted by atomic mass is 10.4. The Bertz CT molecular complexity index is 317. The van der Waals surface area contributed by atoms with Gasteiger partial charge in [0.2, 0.25) is 0 Å². The van der Waals surface area contributed by atoms with Gasteiger partial charge in [0.15, 0.2) is 0 Å². The number of halogens is 4. The highest BCUT2D eigenvalue weighted by molar-refractivity contribution is 7.66. The first-order chi connectivity index (χ1) is 5.93. The topological polar surface area (TPSA) is 0 Å². The molecule has 70 valence electrons. The Labute approximate surface area is 97.6 Å². The summed E-state index contributed by atoms with van der Waals surface area (Å²) in [5.74, 6) is 0. The van der Waals surface area contributed by atoms with Gasteiger partial charge in [0.25, 0.3) is 13.4 Å². The predicted molar refractivity (Wildman–Crippen MR) is 65.4 cm³/mol. The van der Waals surface area contributed by atoms with Crippen molar-refractivity contribution in [3.8, 4) is 0 Å². The molecule has 1 aliphatic rings. The third-order valence-electron chi connectivity index (χ3n) is 2.16. The molecule has 1 aliphatic heterocycles. The molecule has 0 aliphatic carbocycles. The van der Waals surface area contributed by atoms with Gasteiger partial charge in [-0.25, -0.2) is 0 Å². The highest BCUT2D eigenvalue weighted by atomic mass is 35.7. The van der Waals surface area contributed by atoms with Crippen molar-refractivity contribution in [3.05, 3.63) is 24.3 Å². The zero-order valence-electron chi connectivity index (χ0n) is 6.53. The molecule has 6 heteroatoms. The van der Waals surface area contributed by atoms with Crippen molar-refractivity contribution >= 4 is 68.1 Å². The molecule has 0 unspecified atom stereocenters. The van der Waals surface area contributed by atoms with Crippen molar-refractivity contribution in [2.75, 3.05) is 0 Å². The van der Waals surface area contributed by atoms with Crippen LogP contribution < -0.4 is 10.4 Å². The molecular formula is C7H6Cl4Si2. The largest absolute Gasteiger partial charge is 0.280 e. The summed E-state index contributed by atoms with van der Waals surface area (Å²) in [5, 5.41) is 2.02. The maximum absolute atomic E-state index is 6.25. The summed E-state index contributed by atoms with van der Waals surface area (Å²) >= 11 is 25.0. The molecule has 0 aromatic heterocycles. The molecule has 0 amide bonds. The molecular weight excluding hydrogens is 282 g/mol. The zero-order chi connectivity index (χ0) is 9.69. The van der Waals surface area contributed by atoms with Gasteiger partial charge in [0.1, 0.15) is 0 Å². The Morgan fingerprint density at radius 3 is 1.62 bits per heavy atom. The van der Waals surface area contributed by atoms with Crippen LogP contribution in [0.5, 0.6) is 0 Å². The van der Waals surface area contributed by atoms with Crippen molar-refractivity contribution in [1.29, 1.82) is 0 Å². The second kappa shape index (κ2) is 3.15. The van der Waals surface area contributed by atoms with Crippen LogP contribution in [0, 0.1) is 0 Å². The molecule has 0 fully saturated rings. The minimum absolute atomic E-state index is 0.603. The minimum atomic E-state index is -2.35. The van der Waals surface area contributed by atoms with Gasteiger partial charge in [0.05, 0.1) is 0 Å². The standard InChI is InChI=1S/C7H6Cl4Si2/c8-12(9)5-13(10,11)7-4-2-1-3-6(7)12/h1-4H,5H2. The lowest BCUT2D eigenvalue weighted by Crippen LogP contribution is -2.40. The molecule has 1 aromatic rings. The first kappa shape index (κ1) is 10.3. The lowest BCUT2D eigenvalue weighted by Gasteiger charge is -2.09. The van der Waals surface area contributed by atoms with Crippen molar-refractivity contribution in [3.63, 3.8) is 0 Å². The quantitative estimate of drug-likeness (QED) is 0.508. The fourth-order valence-electron chi connectivity index (χ4n) is 1.59. The molecule has 0 atom stereocenters. The number of rotatable bonds is 0. The van der Waals surface area contributed by atoms with Gasteiger partial charge in [-0.1, -0.05) is 24.3 Å². The zero-order valence-corrected chi connectivity index (χ0v) is 11.6. The number of hydrogen-bond donors (Lipinski definition) is 0. The average molecular weight is 288 g/mol.